The fourth-order valence-corrected chi connectivity index (χ4v) is 4.82. The van der Waals surface area contributed by atoms with Crippen LogP contribution in [0.3, 0.4) is 0 Å². The van der Waals surface area contributed by atoms with Gasteiger partial charge in [-0.1, -0.05) is 6.07 Å². The Hall–Kier alpha value is -4.43. The van der Waals surface area contributed by atoms with E-state index < -0.39 is 0 Å². The number of aromatic amines is 1. The summed E-state index contributed by atoms with van der Waals surface area (Å²) in [5.74, 6) is 0.779. The van der Waals surface area contributed by atoms with Crippen molar-refractivity contribution in [2.24, 2.45) is 0 Å². The maximum atomic E-state index is 14.0. The number of ether oxygens (including phenoxy) is 1. The van der Waals surface area contributed by atoms with Gasteiger partial charge in [0, 0.05) is 72.2 Å². The number of rotatable bonds is 6. The Morgan fingerprint density at radius 3 is 2.61 bits per heavy atom. The number of nitrogens with zero attached hydrogens (tertiary/aromatic N) is 4. The van der Waals surface area contributed by atoms with E-state index >= 15 is 0 Å². The quantitative estimate of drug-likeness (QED) is 0.298. The van der Waals surface area contributed by atoms with Crippen molar-refractivity contribution >= 4 is 17.3 Å². The van der Waals surface area contributed by atoms with Crippen molar-refractivity contribution in [2.75, 3.05) is 20.2 Å². The molecular weight excluding hydrogens is 481 g/mol. The molecule has 5 heterocycles. The van der Waals surface area contributed by atoms with Gasteiger partial charge in [0.05, 0.1) is 7.11 Å². The lowest BCUT2D eigenvalue weighted by Crippen LogP contribution is -2.19. The van der Waals surface area contributed by atoms with Crippen LogP contribution in [0.4, 0.5) is 4.39 Å². The van der Waals surface area contributed by atoms with E-state index in [1.165, 1.54) is 29.6 Å². The molecule has 1 aliphatic rings. The van der Waals surface area contributed by atoms with E-state index in [4.69, 9.17) is 4.74 Å². The predicted molar refractivity (Wildman–Crippen MR) is 145 cm³/mol. The van der Waals surface area contributed by atoms with Gasteiger partial charge in [0.2, 0.25) is 0 Å². The molecule has 192 valence electrons. The van der Waals surface area contributed by atoms with Gasteiger partial charge in [-0.3, -0.25) is 19.7 Å². The normalized spacial score (nSPS) is 15.2. The second-order valence-electron chi connectivity index (χ2n) is 9.18. The Morgan fingerprint density at radius 1 is 1.05 bits per heavy atom. The molecule has 5 aromatic rings. The summed E-state index contributed by atoms with van der Waals surface area (Å²) in [5.41, 5.74) is 5.50. The summed E-state index contributed by atoms with van der Waals surface area (Å²) in [6.07, 6.45) is 10.5. The fourth-order valence-electron chi connectivity index (χ4n) is 4.82. The summed E-state index contributed by atoms with van der Waals surface area (Å²) < 4.78 is 19.4. The zero-order valence-corrected chi connectivity index (χ0v) is 21.0. The minimum Gasteiger partial charge on any atom is -0.496 e. The SMILES string of the molecule is COc1ccc(F)cc1-c1ccnc2[nH]c(C3CCN(Cc4cccnc4)C3)cc12.O=Cc1cccnc1. The van der Waals surface area contributed by atoms with Crippen LogP contribution in [0.5, 0.6) is 5.75 Å². The third kappa shape index (κ3) is 5.76. The van der Waals surface area contributed by atoms with E-state index in [9.17, 15) is 9.18 Å². The molecule has 1 atom stereocenters. The summed E-state index contributed by atoms with van der Waals surface area (Å²) in [5, 5.41) is 0.988. The molecule has 0 radical (unpaired) electrons. The highest BCUT2D eigenvalue weighted by molar-refractivity contribution is 5.95. The van der Waals surface area contributed by atoms with Crippen LogP contribution in [0.2, 0.25) is 0 Å². The van der Waals surface area contributed by atoms with Crippen LogP contribution in [-0.4, -0.2) is 51.3 Å². The Kier molecular flexibility index (Phi) is 7.80. The number of pyridine rings is 3. The van der Waals surface area contributed by atoms with Crippen molar-refractivity contribution < 1.29 is 13.9 Å². The number of hydrogen-bond donors (Lipinski definition) is 1. The average molecular weight is 510 g/mol. The minimum atomic E-state index is -0.284. The van der Waals surface area contributed by atoms with Crippen molar-refractivity contribution in [3.8, 4) is 16.9 Å². The zero-order chi connectivity index (χ0) is 26.3. The maximum absolute atomic E-state index is 14.0. The molecule has 1 fully saturated rings. The molecule has 0 saturated carbocycles. The molecular formula is C30H28FN5O2. The van der Waals surface area contributed by atoms with Gasteiger partial charge in [-0.05, 0) is 72.6 Å². The van der Waals surface area contributed by atoms with E-state index in [2.05, 4.69) is 37.0 Å². The first-order chi connectivity index (χ1) is 18.6. The summed E-state index contributed by atoms with van der Waals surface area (Å²) in [6.45, 7) is 2.95. The first-order valence-corrected chi connectivity index (χ1v) is 12.4. The van der Waals surface area contributed by atoms with E-state index in [-0.39, 0.29) is 5.82 Å². The largest absolute Gasteiger partial charge is 0.496 e. The van der Waals surface area contributed by atoms with Gasteiger partial charge >= 0.3 is 0 Å². The summed E-state index contributed by atoms with van der Waals surface area (Å²) in [7, 11) is 1.60. The molecule has 1 unspecified atom stereocenters. The van der Waals surface area contributed by atoms with Crippen molar-refractivity contribution in [3.05, 3.63) is 108 Å². The standard InChI is InChI=1S/C24H23FN4O.C6H5NO/c1-30-23-5-4-18(25)11-20(23)19-6-9-27-24-21(19)12-22(28-24)17-7-10-29(15-17)14-16-3-2-8-26-13-16;8-5-6-2-1-3-7-4-6/h2-6,8-9,11-13,17H,7,10,14-15H2,1H3,(H,27,28);1-5H. The molecule has 1 N–H and O–H groups in total. The summed E-state index contributed by atoms with van der Waals surface area (Å²) in [6, 6.07) is 16.2. The Balaban J connectivity index is 0.000000316. The first kappa shape index (κ1) is 25.2. The van der Waals surface area contributed by atoms with E-state index in [1.54, 1.807) is 43.9 Å². The van der Waals surface area contributed by atoms with Gasteiger partial charge in [-0.25, -0.2) is 9.37 Å². The lowest BCUT2D eigenvalue weighted by Gasteiger charge is -2.15. The second-order valence-corrected chi connectivity index (χ2v) is 9.18. The van der Waals surface area contributed by atoms with E-state index in [1.807, 2.05) is 18.3 Å². The molecule has 1 aromatic carbocycles. The molecule has 4 aromatic heterocycles. The number of benzene rings is 1. The highest BCUT2D eigenvalue weighted by Gasteiger charge is 2.26. The van der Waals surface area contributed by atoms with Gasteiger partial charge in [0.15, 0.2) is 6.29 Å². The minimum absolute atomic E-state index is 0.284. The number of nitrogens with one attached hydrogen (secondary N) is 1. The second kappa shape index (κ2) is 11.7. The molecule has 0 bridgehead atoms. The monoisotopic (exact) mass is 509 g/mol. The van der Waals surface area contributed by atoms with Crippen LogP contribution in [0.15, 0.2) is 85.6 Å². The number of aldehydes is 1. The lowest BCUT2D eigenvalue weighted by molar-refractivity contribution is 0.112. The number of halogens is 1. The van der Waals surface area contributed by atoms with Crippen LogP contribution in [0.25, 0.3) is 22.2 Å². The van der Waals surface area contributed by atoms with Gasteiger partial charge in [0.1, 0.15) is 17.2 Å². The first-order valence-electron chi connectivity index (χ1n) is 12.4. The van der Waals surface area contributed by atoms with Gasteiger partial charge in [0.25, 0.3) is 0 Å². The number of likely N-dealkylation sites (tertiary alicyclic amines) is 1. The molecule has 6 rings (SSSR count). The number of carbonyl (C=O) groups is 1. The molecule has 0 spiro atoms. The lowest BCUT2D eigenvalue weighted by atomic mass is 10.0. The molecule has 0 amide bonds. The number of carbonyl (C=O) groups excluding carboxylic acids is 1. The smallest absolute Gasteiger partial charge is 0.151 e. The molecule has 1 aliphatic heterocycles. The molecule has 38 heavy (non-hydrogen) atoms. The molecule has 0 aliphatic carbocycles. The molecule has 8 heteroatoms. The number of methoxy groups -OCH3 is 1. The zero-order valence-electron chi connectivity index (χ0n) is 21.0. The van der Waals surface area contributed by atoms with Gasteiger partial charge < -0.3 is 9.72 Å². The topological polar surface area (TPSA) is 84.0 Å². The van der Waals surface area contributed by atoms with Crippen LogP contribution in [-0.2, 0) is 6.54 Å². The van der Waals surface area contributed by atoms with Crippen LogP contribution < -0.4 is 4.74 Å². The number of aromatic nitrogens is 4. The predicted octanol–water partition coefficient (Wildman–Crippen LogP) is 5.66. The van der Waals surface area contributed by atoms with Gasteiger partial charge in [-0.2, -0.15) is 0 Å². The highest BCUT2D eigenvalue weighted by Crippen LogP contribution is 2.37. The molecule has 1 saturated heterocycles. The summed E-state index contributed by atoms with van der Waals surface area (Å²) in [4.78, 5) is 28.4. The number of fused-ring (bicyclic) bond motifs is 1. The maximum Gasteiger partial charge on any atom is 0.151 e. The van der Waals surface area contributed by atoms with Crippen molar-refractivity contribution in [3.63, 3.8) is 0 Å². The number of hydrogen-bond acceptors (Lipinski definition) is 6. The Labute approximate surface area is 220 Å². The Morgan fingerprint density at radius 2 is 1.89 bits per heavy atom. The molecule has 7 nitrogen and oxygen atoms in total. The van der Waals surface area contributed by atoms with Crippen LogP contribution in [0, 0.1) is 5.82 Å². The van der Waals surface area contributed by atoms with Gasteiger partial charge in [-0.15, -0.1) is 0 Å². The highest BCUT2D eigenvalue weighted by atomic mass is 19.1. The summed E-state index contributed by atoms with van der Waals surface area (Å²) >= 11 is 0. The van der Waals surface area contributed by atoms with Crippen molar-refractivity contribution in [1.82, 2.24) is 24.8 Å². The van der Waals surface area contributed by atoms with Crippen molar-refractivity contribution in [1.29, 1.82) is 0 Å². The Bertz CT molecular complexity index is 1510. The fraction of sp³-hybridized carbons (Fsp3) is 0.200. The van der Waals surface area contributed by atoms with Crippen molar-refractivity contribution in [2.45, 2.75) is 18.9 Å². The third-order valence-electron chi connectivity index (χ3n) is 6.67. The third-order valence-corrected chi connectivity index (χ3v) is 6.67. The number of H-pyrrole nitrogens is 1. The van der Waals surface area contributed by atoms with E-state index in [0.717, 1.165) is 54.5 Å². The van der Waals surface area contributed by atoms with Crippen LogP contribution >= 0.6 is 0 Å². The average Bonchev–Trinajstić information content (AvgIpc) is 3.61. The van der Waals surface area contributed by atoms with Crippen LogP contribution in [0.1, 0.15) is 34.0 Å². The van der Waals surface area contributed by atoms with E-state index in [0.29, 0.717) is 17.2 Å².